The van der Waals surface area contributed by atoms with Gasteiger partial charge in [-0.3, -0.25) is 4.79 Å². The molecule has 2 aromatic carbocycles. The van der Waals surface area contributed by atoms with Crippen LogP contribution >= 0.6 is 0 Å². The number of fused-ring (bicyclic) bond motifs is 1. The number of ether oxygens (including phenoxy) is 1. The molecule has 1 unspecified atom stereocenters. The van der Waals surface area contributed by atoms with Gasteiger partial charge in [-0.2, -0.15) is 0 Å². The van der Waals surface area contributed by atoms with Gasteiger partial charge in [0.05, 0.1) is 5.92 Å². The molecule has 28 heavy (non-hydrogen) atoms. The number of para-hydroxylation sites is 1. The summed E-state index contributed by atoms with van der Waals surface area (Å²) in [5.74, 6) is 0.694. The van der Waals surface area contributed by atoms with Crippen LogP contribution in [0.2, 0.25) is 0 Å². The van der Waals surface area contributed by atoms with Crippen LogP contribution in [0, 0.1) is 5.92 Å². The van der Waals surface area contributed by atoms with Crippen molar-refractivity contribution in [3.8, 4) is 5.75 Å². The Morgan fingerprint density at radius 3 is 2.46 bits per heavy atom. The Bertz CT molecular complexity index is 1010. The molecule has 4 heteroatoms. The molecule has 0 bridgehead atoms. The predicted molar refractivity (Wildman–Crippen MR) is 106 cm³/mol. The average molecular weight is 371 g/mol. The summed E-state index contributed by atoms with van der Waals surface area (Å²) in [5, 5.41) is 12.7. The summed E-state index contributed by atoms with van der Waals surface area (Å²) < 4.78 is 7.45. The van der Waals surface area contributed by atoms with E-state index in [1.807, 2.05) is 72.8 Å². The lowest BCUT2D eigenvalue weighted by molar-refractivity contribution is -0.587. The van der Waals surface area contributed by atoms with Crippen LogP contribution in [0.25, 0.3) is 0 Å². The zero-order valence-corrected chi connectivity index (χ0v) is 15.7. The van der Waals surface area contributed by atoms with Crippen LogP contribution < -0.4 is 9.84 Å². The highest BCUT2D eigenvalue weighted by Gasteiger charge is 2.31. The molecule has 0 saturated heterocycles. The number of ketones is 1. The molecule has 4 nitrogen and oxygen atoms in total. The number of carbonyl (C=O) groups is 1. The molecule has 0 fully saturated rings. The minimum Gasteiger partial charge on any atom is -0.823 e. The molecule has 0 amide bonds. The van der Waals surface area contributed by atoms with Crippen molar-refractivity contribution in [3.05, 3.63) is 101 Å². The second-order valence-electron chi connectivity index (χ2n) is 6.96. The fraction of sp³-hybridized carbons (Fsp3) is 0.167. The van der Waals surface area contributed by atoms with E-state index in [-0.39, 0.29) is 24.2 Å². The van der Waals surface area contributed by atoms with Gasteiger partial charge in [0, 0.05) is 22.8 Å². The minimum atomic E-state index is -0.0296. The predicted octanol–water partition coefficient (Wildman–Crippen LogP) is 3.12. The molecule has 1 heterocycles. The SMILES string of the molecule is C[N+]1=C2C=CC(C(=O)c3ccccc3)=CC2CC(COc2ccccc2)=C1[O-]. The van der Waals surface area contributed by atoms with E-state index in [4.69, 9.17) is 4.74 Å². The third kappa shape index (κ3) is 3.54. The van der Waals surface area contributed by atoms with E-state index >= 15 is 0 Å². The van der Waals surface area contributed by atoms with Gasteiger partial charge >= 0.3 is 0 Å². The topological polar surface area (TPSA) is 52.4 Å². The van der Waals surface area contributed by atoms with Crippen molar-refractivity contribution >= 4 is 11.5 Å². The second kappa shape index (κ2) is 7.69. The molecule has 1 atom stereocenters. The van der Waals surface area contributed by atoms with E-state index in [0.29, 0.717) is 23.1 Å². The molecule has 1 aliphatic heterocycles. The molecular formula is C24H21NO3. The smallest absolute Gasteiger partial charge is 0.192 e. The molecule has 140 valence electrons. The van der Waals surface area contributed by atoms with Crippen molar-refractivity contribution < 1.29 is 19.2 Å². The number of rotatable bonds is 5. The highest BCUT2D eigenvalue weighted by Crippen LogP contribution is 2.28. The molecule has 0 N–H and O–H groups in total. The first-order chi connectivity index (χ1) is 13.6. The van der Waals surface area contributed by atoms with Crippen LogP contribution in [0.15, 0.2) is 95.9 Å². The van der Waals surface area contributed by atoms with Gasteiger partial charge < -0.3 is 9.84 Å². The summed E-state index contributed by atoms with van der Waals surface area (Å²) in [6, 6.07) is 18.7. The van der Waals surface area contributed by atoms with E-state index < -0.39 is 0 Å². The van der Waals surface area contributed by atoms with Gasteiger partial charge in [0.25, 0.3) is 0 Å². The van der Waals surface area contributed by atoms with Crippen molar-refractivity contribution in [1.29, 1.82) is 0 Å². The van der Waals surface area contributed by atoms with E-state index in [0.717, 1.165) is 11.5 Å². The van der Waals surface area contributed by atoms with Crippen molar-refractivity contribution in [3.63, 3.8) is 0 Å². The van der Waals surface area contributed by atoms with Crippen LogP contribution in [0.5, 0.6) is 5.75 Å². The van der Waals surface area contributed by atoms with Gasteiger partial charge in [0.1, 0.15) is 25.3 Å². The summed E-state index contributed by atoms with van der Waals surface area (Å²) >= 11 is 0. The van der Waals surface area contributed by atoms with E-state index in [9.17, 15) is 9.90 Å². The van der Waals surface area contributed by atoms with Crippen LogP contribution in [-0.4, -0.2) is 29.7 Å². The lowest BCUT2D eigenvalue weighted by Crippen LogP contribution is -2.36. The Labute approximate surface area is 164 Å². The Hall–Kier alpha value is -3.40. The second-order valence-corrected chi connectivity index (χ2v) is 6.96. The minimum absolute atomic E-state index is 0.00228. The molecule has 0 saturated carbocycles. The first kappa shape index (κ1) is 18.0. The largest absolute Gasteiger partial charge is 0.823 e. The highest BCUT2D eigenvalue weighted by molar-refractivity contribution is 6.13. The number of benzene rings is 2. The number of allylic oxidation sites excluding steroid dienone is 4. The normalized spacial score (nSPS) is 18.6. The van der Waals surface area contributed by atoms with Gasteiger partial charge in [-0.15, -0.1) is 0 Å². The van der Waals surface area contributed by atoms with Gasteiger partial charge in [-0.25, -0.2) is 4.58 Å². The summed E-state index contributed by atoms with van der Waals surface area (Å²) in [7, 11) is 1.77. The Balaban J connectivity index is 1.56. The molecule has 2 aromatic rings. The summed E-state index contributed by atoms with van der Waals surface area (Å²) in [5.41, 5.74) is 2.95. The quantitative estimate of drug-likeness (QED) is 0.599. The van der Waals surface area contributed by atoms with Crippen LogP contribution in [0.1, 0.15) is 16.8 Å². The number of carbonyl (C=O) groups excluding carboxylic acids is 1. The lowest BCUT2D eigenvalue weighted by Gasteiger charge is -2.27. The third-order valence-corrected chi connectivity index (χ3v) is 5.11. The van der Waals surface area contributed by atoms with Crippen molar-refractivity contribution in [1.82, 2.24) is 0 Å². The van der Waals surface area contributed by atoms with Crippen molar-refractivity contribution in [2.45, 2.75) is 6.42 Å². The third-order valence-electron chi connectivity index (χ3n) is 5.11. The monoisotopic (exact) mass is 371 g/mol. The van der Waals surface area contributed by atoms with Crippen LogP contribution in [0.3, 0.4) is 0 Å². The van der Waals surface area contributed by atoms with Gasteiger partial charge in [0.15, 0.2) is 11.5 Å². The summed E-state index contributed by atoms with van der Waals surface area (Å²) in [6.07, 6.45) is 6.21. The maximum atomic E-state index is 12.8. The molecule has 0 radical (unpaired) electrons. The zero-order chi connectivity index (χ0) is 19.5. The van der Waals surface area contributed by atoms with Gasteiger partial charge in [0.2, 0.25) is 0 Å². The Kier molecular flexibility index (Phi) is 4.94. The molecule has 1 aliphatic carbocycles. The lowest BCUT2D eigenvalue weighted by atomic mass is 9.84. The van der Waals surface area contributed by atoms with Gasteiger partial charge in [-0.1, -0.05) is 54.6 Å². The summed E-state index contributed by atoms with van der Waals surface area (Å²) in [4.78, 5) is 12.8. The highest BCUT2D eigenvalue weighted by atomic mass is 16.5. The Morgan fingerprint density at radius 2 is 1.75 bits per heavy atom. The zero-order valence-electron chi connectivity index (χ0n) is 15.7. The maximum absolute atomic E-state index is 12.8. The number of hydrogen-bond acceptors (Lipinski definition) is 3. The number of nitrogens with zero attached hydrogens (tertiary/aromatic N) is 1. The molecular weight excluding hydrogens is 350 g/mol. The van der Waals surface area contributed by atoms with E-state index in [1.54, 1.807) is 17.7 Å². The molecule has 4 rings (SSSR count). The van der Waals surface area contributed by atoms with Crippen molar-refractivity contribution in [2.75, 3.05) is 13.7 Å². The first-order valence-corrected chi connectivity index (χ1v) is 9.30. The van der Waals surface area contributed by atoms with E-state index in [2.05, 4.69) is 0 Å². The Morgan fingerprint density at radius 1 is 1.07 bits per heavy atom. The van der Waals surface area contributed by atoms with Crippen LogP contribution in [-0.2, 0) is 0 Å². The van der Waals surface area contributed by atoms with Crippen LogP contribution in [0.4, 0.5) is 0 Å². The number of Topliss-reactive ketones (excluding diaryl/α,β-unsaturated/α-hetero) is 1. The average Bonchev–Trinajstić information content (AvgIpc) is 2.75. The fourth-order valence-electron chi connectivity index (χ4n) is 3.60. The number of hydrogen-bond donors (Lipinski definition) is 0. The summed E-state index contributed by atoms with van der Waals surface area (Å²) in [6.45, 7) is 0.247. The molecule has 0 spiro atoms. The maximum Gasteiger partial charge on any atom is 0.192 e. The first-order valence-electron chi connectivity index (χ1n) is 9.30. The van der Waals surface area contributed by atoms with Gasteiger partial charge in [-0.05, 0) is 24.6 Å². The molecule has 0 aromatic heterocycles. The van der Waals surface area contributed by atoms with E-state index in [1.165, 1.54) is 0 Å². The van der Waals surface area contributed by atoms with Crippen molar-refractivity contribution in [2.24, 2.45) is 5.92 Å². The molecule has 2 aliphatic rings. The standard InChI is InChI=1S/C24H21NO3/c1-25-22-13-12-18(23(26)17-8-4-2-5-9-17)14-19(22)15-20(24(25)27)16-28-21-10-6-3-7-11-21/h2-14,19H,15-16H2,1H3. The fourth-order valence-corrected chi connectivity index (χ4v) is 3.60.